The maximum absolute atomic E-state index is 12.2. The van der Waals surface area contributed by atoms with Crippen molar-refractivity contribution >= 4 is 12.6 Å². The summed E-state index contributed by atoms with van der Waals surface area (Å²) in [5.41, 5.74) is 1.33. The normalized spacial score (nSPS) is 47.8. The van der Waals surface area contributed by atoms with Crippen molar-refractivity contribution in [2.24, 2.45) is 40.9 Å². The predicted octanol–water partition coefficient (Wildman–Crippen LogP) is 2.58. The number of carbonyl (C=O) groups is 2. The summed E-state index contributed by atoms with van der Waals surface area (Å²) in [6, 6.07) is 0. The van der Waals surface area contributed by atoms with Gasteiger partial charge in [-0.2, -0.15) is 5.10 Å². The molecule has 3 aliphatic rings. The highest BCUT2D eigenvalue weighted by atomic mass is 16.3. The third-order valence-corrected chi connectivity index (χ3v) is 8.18. The number of nitrogens with zero attached hydrogens (tertiary/aromatic N) is 1. The number of fused-ring (bicyclic) bond motifs is 2. The highest BCUT2D eigenvalue weighted by molar-refractivity contribution is 5.60. The Hall–Kier alpha value is -1.49. The summed E-state index contributed by atoms with van der Waals surface area (Å²) in [4.78, 5) is 24.2. The lowest BCUT2D eigenvalue weighted by atomic mass is 9.50. The Bertz CT molecular complexity index is 712. The maximum Gasteiger partial charge on any atom is 0.124 e. The Labute approximate surface area is 154 Å². The molecule has 4 rings (SSSR count). The molecule has 3 aliphatic carbocycles. The van der Waals surface area contributed by atoms with E-state index in [1.165, 1.54) is 5.56 Å². The van der Waals surface area contributed by atoms with E-state index in [2.05, 4.69) is 24.0 Å². The molecular weight excluding hydrogens is 328 g/mol. The number of rotatable bonds is 3. The van der Waals surface area contributed by atoms with E-state index in [1.54, 1.807) is 0 Å². The van der Waals surface area contributed by atoms with Crippen molar-refractivity contribution in [3.8, 4) is 0 Å². The Morgan fingerprint density at radius 2 is 2.08 bits per heavy atom. The summed E-state index contributed by atoms with van der Waals surface area (Å²) in [5, 5.41) is 18.0. The van der Waals surface area contributed by atoms with E-state index in [0.29, 0.717) is 12.3 Å². The summed E-state index contributed by atoms with van der Waals surface area (Å²) in [5.74, 6) is 0.753. The molecule has 5 heteroatoms. The number of aliphatic hydroxyl groups is 1. The van der Waals surface area contributed by atoms with E-state index in [9.17, 15) is 14.7 Å². The van der Waals surface area contributed by atoms with Crippen LogP contribution in [-0.4, -0.2) is 33.5 Å². The number of H-pyrrole nitrogens is 1. The summed E-state index contributed by atoms with van der Waals surface area (Å²) < 4.78 is 0. The van der Waals surface area contributed by atoms with Gasteiger partial charge >= 0.3 is 0 Å². The molecule has 0 spiro atoms. The third-order valence-electron chi connectivity index (χ3n) is 8.18. The molecule has 0 aromatic carbocycles. The first-order chi connectivity index (χ1) is 12.3. The molecule has 0 saturated heterocycles. The van der Waals surface area contributed by atoms with Gasteiger partial charge in [-0.15, -0.1) is 0 Å². The van der Waals surface area contributed by atoms with Crippen LogP contribution < -0.4 is 0 Å². The van der Waals surface area contributed by atoms with Crippen molar-refractivity contribution in [1.82, 2.24) is 10.2 Å². The lowest BCUT2D eigenvalue weighted by molar-refractivity contribution is -0.135. The molecule has 8 atom stereocenters. The molecule has 1 aromatic rings. The van der Waals surface area contributed by atoms with Crippen LogP contribution in [0.2, 0.25) is 0 Å². The lowest BCUT2D eigenvalue weighted by Gasteiger charge is -2.53. The third kappa shape index (κ3) is 2.43. The van der Waals surface area contributed by atoms with E-state index in [4.69, 9.17) is 0 Å². The average molecular weight is 358 g/mol. The molecule has 142 valence electrons. The largest absolute Gasteiger partial charge is 0.390 e. The van der Waals surface area contributed by atoms with Gasteiger partial charge in [0.05, 0.1) is 11.8 Å². The molecule has 0 aliphatic heterocycles. The number of carbonyl (C=O) groups excluding carboxylic acids is 2. The maximum atomic E-state index is 12.2. The fourth-order valence-electron chi connectivity index (χ4n) is 6.91. The average Bonchev–Trinajstić information content (AvgIpc) is 3.17. The van der Waals surface area contributed by atoms with Crippen molar-refractivity contribution in [2.45, 2.75) is 58.5 Å². The fourth-order valence-corrected chi connectivity index (χ4v) is 6.91. The van der Waals surface area contributed by atoms with Crippen LogP contribution in [-0.2, 0) is 22.4 Å². The molecule has 1 aromatic heterocycles. The number of nitrogens with one attached hydrogen (secondary N) is 1. The molecular formula is C21H30N2O3. The number of hydrogen-bond donors (Lipinski definition) is 2. The van der Waals surface area contributed by atoms with Crippen LogP contribution in [0.5, 0.6) is 0 Å². The smallest absolute Gasteiger partial charge is 0.124 e. The SMILES string of the molecule is C[C@@H]1C[C@H]([C@@]2(C)Cc3cn[nH]c3C[C@@H]2C=O)[C@H](C=O)[C@H]2CC[C@](C)(O)[C@H]21. The summed E-state index contributed by atoms with van der Waals surface area (Å²) in [7, 11) is 0. The molecule has 2 saturated carbocycles. The van der Waals surface area contributed by atoms with Crippen LogP contribution in [0.1, 0.15) is 51.3 Å². The van der Waals surface area contributed by atoms with Gasteiger partial charge in [0, 0.05) is 17.5 Å². The zero-order valence-electron chi connectivity index (χ0n) is 15.9. The molecule has 5 nitrogen and oxygen atoms in total. The summed E-state index contributed by atoms with van der Waals surface area (Å²) in [6.07, 6.45) is 8.13. The van der Waals surface area contributed by atoms with Crippen LogP contribution in [0.3, 0.4) is 0 Å². The van der Waals surface area contributed by atoms with E-state index in [-0.39, 0.29) is 35.0 Å². The second-order valence-electron chi connectivity index (χ2n) is 9.62. The minimum Gasteiger partial charge on any atom is -0.390 e. The van der Waals surface area contributed by atoms with E-state index in [0.717, 1.165) is 43.9 Å². The van der Waals surface area contributed by atoms with Crippen molar-refractivity contribution in [2.75, 3.05) is 0 Å². The highest BCUT2D eigenvalue weighted by Gasteiger charge is 2.58. The van der Waals surface area contributed by atoms with Crippen LogP contribution >= 0.6 is 0 Å². The van der Waals surface area contributed by atoms with Crippen molar-refractivity contribution < 1.29 is 14.7 Å². The van der Waals surface area contributed by atoms with Crippen LogP contribution in [0.15, 0.2) is 6.20 Å². The van der Waals surface area contributed by atoms with Crippen molar-refractivity contribution in [3.05, 3.63) is 17.5 Å². The molecule has 1 heterocycles. The van der Waals surface area contributed by atoms with Gasteiger partial charge in [0.25, 0.3) is 0 Å². The van der Waals surface area contributed by atoms with Crippen molar-refractivity contribution in [1.29, 1.82) is 0 Å². The van der Waals surface area contributed by atoms with Gasteiger partial charge in [0.1, 0.15) is 12.6 Å². The Morgan fingerprint density at radius 3 is 2.77 bits per heavy atom. The van der Waals surface area contributed by atoms with Gasteiger partial charge < -0.3 is 14.7 Å². The zero-order valence-corrected chi connectivity index (χ0v) is 15.9. The number of hydrogen-bond acceptors (Lipinski definition) is 4. The topological polar surface area (TPSA) is 83.0 Å². The number of aromatic amines is 1. The van der Waals surface area contributed by atoms with Crippen LogP contribution in [0.4, 0.5) is 0 Å². The summed E-state index contributed by atoms with van der Waals surface area (Å²) in [6.45, 7) is 6.35. The fraction of sp³-hybridized carbons (Fsp3) is 0.762. The van der Waals surface area contributed by atoms with Gasteiger partial charge in [0.2, 0.25) is 0 Å². The van der Waals surface area contributed by atoms with Gasteiger partial charge in [0.15, 0.2) is 0 Å². The van der Waals surface area contributed by atoms with E-state index < -0.39 is 5.60 Å². The van der Waals surface area contributed by atoms with Crippen LogP contribution in [0, 0.1) is 40.9 Å². The quantitative estimate of drug-likeness (QED) is 0.814. The van der Waals surface area contributed by atoms with Gasteiger partial charge in [-0.05, 0) is 73.7 Å². The predicted molar refractivity (Wildman–Crippen MR) is 97.3 cm³/mol. The molecule has 0 unspecified atom stereocenters. The van der Waals surface area contributed by atoms with Gasteiger partial charge in [-0.25, -0.2) is 0 Å². The molecule has 0 radical (unpaired) electrons. The second kappa shape index (κ2) is 6.01. The molecule has 0 amide bonds. The second-order valence-corrected chi connectivity index (χ2v) is 9.62. The van der Waals surface area contributed by atoms with Crippen molar-refractivity contribution in [3.63, 3.8) is 0 Å². The molecule has 2 N–H and O–H groups in total. The first kappa shape index (κ1) is 17.9. The Kier molecular flexibility index (Phi) is 4.14. The minimum absolute atomic E-state index is 0.0777. The minimum atomic E-state index is -0.675. The first-order valence-electron chi connectivity index (χ1n) is 9.96. The Morgan fingerprint density at radius 1 is 1.31 bits per heavy atom. The summed E-state index contributed by atoms with van der Waals surface area (Å²) >= 11 is 0. The molecule has 26 heavy (non-hydrogen) atoms. The Balaban J connectivity index is 1.72. The molecule has 2 fully saturated rings. The lowest BCUT2D eigenvalue weighted by Crippen LogP contribution is -2.53. The van der Waals surface area contributed by atoms with E-state index >= 15 is 0 Å². The number of aromatic nitrogens is 2. The molecule has 0 bridgehead atoms. The van der Waals surface area contributed by atoms with E-state index in [1.807, 2.05) is 13.1 Å². The monoisotopic (exact) mass is 358 g/mol. The van der Waals surface area contributed by atoms with Gasteiger partial charge in [-0.1, -0.05) is 13.8 Å². The zero-order chi connectivity index (χ0) is 18.7. The standard InChI is InChI=1S/C21H30N2O3/c1-12-6-17(16(11-25)15-4-5-21(3,26)19(12)15)20(2)8-13-9-22-23-18(13)7-14(20)10-24/h9-12,14-17,19,26H,4-8H2,1-3H3,(H,22,23)/t12-,14-,15-,16-,17+,19+,20+,21+/m1/s1. The number of aldehydes is 2. The van der Waals surface area contributed by atoms with Gasteiger partial charge in [-0.3, -0.25) is 5.10 Å². The first-order valence-corrected chi connectivity index (χ1v) is 9.96. The highest BCUT2D eigenvalue weighted by Crippen LogP contribution is 2.60. The van der Waals surface area contributed by atoms with Crippen LogP contribution in [0.25, 0.3) is 0 Å².